The lowest BCUT2D eigenvalue weighted by Gasteiger charge is -2.12. The molecule has 0 saturated carbocycles. The summed E-state index contributed by atoms with van der Waals surface area (Å²) in [7, 11) is -1.27. The maximum atomic E-state index is 5.86. The molecule has 0 saturated heterocycles. The molecule has 0 aromatic heterocycles. The molecule has 1 atom stereocenters. The van der Waals surface area contributed by atoms with E-state index in [-0.39, 0.29) is 0 Å². The van der Waals surface area contributed by atoms with Crippen LogP contribution in [0, 0.1) is 0 Å². The molecule has 0 heterocycles. The van der Waals surface area contributed by atoms with Crippen molar-refractivity contribution in [2.45, 2.75) is 6.55 Å². The Balaban J connectivity index is 1.70. The van der Waals surface area contributed by atoms with Gasteiger partial charge in [-0.3, -0.25) is 0 Å². The predicted molar refractivity (Wildman–Crippen MR) is 77.0 cm³/mol. The van der Waals surface area contributed by atoms with Gasteiger partial charge in [0.15, 0.2) is 0 Å². The van der Waals surface area contributed by atoms with E-state index in [0.717, 1.165) is 5.75 Å². The van der Waals surface area contributed by atoms with E-state index < -0.39 is 9.04 Å². The molecular weight excluding hydrogens is 240 g/mol. The highest BCUT2D eigenvalue weighted by Crippen LogP contribution is 2.07. The minimum Gasteiger partial charge on any atom is -0.491 e. The van der Waals surface area contributed by atoms with Gasteiger partial charge in [0, 0.05) is 0 Å². The van der Waals surface area contributed by atoms with Crippen LogP contribution in [0.15, 0.2) is 60.7 Å². The Labute approximate surface area is 110 Å². The van der Waals surface area contributed by atoms with Gasteiger partial charge >= 0.3 is 0 Å². The second kappa shape index (κ2) is 6.99. The minimum atomic E-state index is -1.27. The average Bonchev–Trinajstić information content (AvgIpc) is 2.45. The van der Waals surface area contributed by atoms with Crippen molar-refractivity contribution in [3.8, 4) is 5.75 Å². The Bertz CT molecular complexity index is 445. The Morgan fingerprint density at radius 3 is 2.11 bits per heavy atom. The Hall–Kier alpha value is -1.58. The van der Waals surface area contributed by atoms with Crippen LogP contribution >= 0.6 is 0 Å². The fraction of sp³-hybridized carbons (Fsp3) is 0.200. The summed E-state index contributed by atoms with van der Waals surface area (Å²) in [6, 6.07) is 20.2. The van der Waals surface area contributed by atoms with Crippen LogP contribution in [0.3, 0.4) is 0 Å². The number of benzene rings is 2. The summed E-state index contributed by atoms with van der Waals surface area (Å²) in [5, 5.41) is 1.33. The van der Waals surface area contributed by atoms with Gasteiger partial charge in [-0.25, -0.2) is 0 Å². The molecule has 94 valence electrons. The Morgan fingerprint density at radius 2 is 1.44 bits per heavy atom. The molecule has 0 fully saturated rings. The average molecular weight is 258 g/mol. The van der Waals surface area contributed by atoms with E-state index in [9.17, 15) is 0 Å². The van der Waals surface area contributed by atoms with E-state index in [0.29, 0.717) is 13.2 Å². The third-order valence-electron chi connectivity index (χ3n) is 2.73. The van der Waals surface area contributed by atoms with Gasteiger partial charge in [-0.05, 0) is 23.9 Å². The zero-order chi connectivity index (χ0) is 12.6. The molecule has 2 rings (SSSR count). The fourth-order valence-corrected chi connectivity index (χ4v) is 3.13. The van der Waals surface area contributed by atoms with Crippen molar-refractivity contribution >= 4 is 14.2 Å². The predicted octanol–water partition coefficient (Wildman–Crippen LogP) is 2.34. The number of hydrogen-bond donors (Lipinski definition) is 0. The van der Waals surface area contributed by atoms with E-state index in [2.05, 4.69) is 30.8 Å². The first-order valence-electron chi connectivity index (χ1n) is 6.20. The van der Waals surface area contributed by atoms with Crippen LogP contribution in [0.5, 0.6) is 5.75 Å². The zero-order valence-electron chi connectivity index (χ0n) is 10.6. The van der Waals surface area contributed by atoms with E-state index >= 15 is 0 Å². The van der Waals surface area contributed by atoms with Crippen molar-refractivity contribution < 1.29 is 9.16 Å². The lowest BCUT2D eigenvalue weighted by molar-refractivity contribution is 0.221. The second-order valence-electron chi connectivity index (χ2n) is 4.09. The molecule has 2 aromatic carbocycles. The van der Waals surface area contributed by atoms with E-state index in [4.69, 9.17) is 9.16 Å². The van der Waals surface area contributed by atoms with E-state index in [1.807, 2.05) is 36.4 Å². The maximum absolute atomic E-state index is 5.86. The normalized spacial score (nSPS) is 12.1. The number of ether oxygens (including phenoxy) is 1. The quantitative estimate of drug-likeness (QED) is 0.585. The lowest BCUT2D eigenvalue weighted by Crippen LogP contribution is -2.31. The van der Waals surface area contributed by atoms with Crippen LogP contribution in [-0.2, 0) is 4.43 Å². The number of rotatable bonds is 6. The van der Waals surface area contributed by atoms with Crippen molar-refractivity contribution in [3.63, 3.8) is 0 Å². The molecule has 18 heavy (non-hydrogen) atoms. The van der Waals surface area contributed by atoms with Gasteiger partial charge < -0.3 is 9.16 Å². The summed E-state index contributed by atoms with van der Waals surface area (Å²) in [4.78, 5) is 0. The summed E-state index contributed by atoms with van der Waals surface area (Å²) in [6.07, 6.45) is 0. The SMILES string of the molecule is C[SiH](OCCOc1ccccc1)c1ccccc1. The number of para-hydroxylation sites is 1. The van der Waals surface area contributed by atoms with Gasteiger partial charge in [0.2, 0.25) is 9.04 Å². The van der Waals surface area contributed by atoms with Crippen molar-refractivity contribution in [2.24, 2.45) is 0 Å². The molecule has 2 nitrogen and oxygen atoms in total. The van der Waals surface area contributed by atoms with Crippen molar-refractivity contribution in [1.82, 2.24) is 0 Å². The molecule has 3 heteroatoms. The van der Waals surface area contributed by atoms with Gasteiger partial charge in [-0.2, -0.15) is 0 Å². The van der Waals surface area contributed by atoms with Gasteiger partial charge in [0.1, 0.15) is 12.4 Å². The first kappa shape index (κ1) is 12.9. The van der Waals surface area contributed by atoms with Gasteiger partial charge in [0.25, 0.3) is 0 Å². The summed E-state index contributed by atoms with van der Waals surface area (Å²) < 4.78 is 11.5. The summed E-state index contributed by atoms with van der Waals surface area (Å²) in [5.41, 5.74) is 0. The Morgan fingerprint density at radius 1 is 0.833 bits per heavy atom. The molecule has 2 aromatic rings. The first-order valence-corrected chi connectivity index (χ1v) is 8.41. The van der Waals surface area contributed by atoms with E-state index in [1.54, 1.807) is 0 Å². The molecule has 0 aliphatic rings. The van der Waals surface area contributed by atoms with Crippen LogP contribution < -0.4 is 9.92 Å². The van der Waals surface area contributed by atoms with Gasteiger partial charge in [-0.15, -0.1) is 0 Å². The van der Waals surface area contributed by atoms with Crippen LogP contribution in [0.4, 0.5) is 0 Å². The van der Waals surface area contributed by atoms with E-state index in [1.165, 1.54) is 5.19 Å². The summed E-state index contributed by atoms with van der Waals surface area (Å²) in [6.45, 7) is 3.45. The van der Waals surface area contributed by atoms with Gasteiger partial charge in [-0.1, -0.05) is 48.5 Å². The van der Waals surface area contributed by atoms with Crippen molar-refractivity contribution in [2.75, 3.05) is 13.2 Å². The molecule has 0 bridgehead atoms. The minimum absolute atomic E-state index is 0.605. The molecule has 0 amide bonds. The van der Waals surface area contributed by atoms with Crippen LogP contribution in [-0.4, -0.2) is 22.3 Å². The maximum Gasteiger partial charge on any atom is 0.205 e. The molecule has 0 spiro atoms. The number of hydrogen-bond acceptors (Lipinski definition) is 2. The zero-order valence-corrected chi connectivity index (χ0v) is 11.7. The highest BCUT2D eigenvalue weighted by Gasteiger charge is 2.06. The lowest BCUT2D eigenvalue weighted by atomic mass is 10.3. The molecule has 0 N–H and O–H groups in total. The highest BCUT2D eigenvalue weighted by molar-refractivity contribution is 6.66. The van der Waals surface area contributed by atoms with Crippen LogP contribution in [0.25, 0.3) is 0 Å². The Kier molecular flexibility index (Phi) is 4.99. The van der Waals surface area contributed by atoms with Gasteiger partial charge in [0.05, 0.1) is 6.61 Å². The largest absolute Gasteiger partial charge is 0.491 e. The first-order chi connectivity index (χ1) is 8.86. The molecule has 0 aliphatic heterocycles. The van der Waals surface area contributed by atoms with Crippen molar-refractivity contribution in [1.29, 1.82) is 0 Å². The fourth-order valence-electron chi connectivity index (χ4n) is 1.72. The van der Waals surface area contributed by atoms with Crippen LogP contribution in [0.2, 0.25) is 6.55 Å². The standard InChI is InChI=1S/C15H18O2Si/c1-18(15-10-6-3-7-11-15)17-13-12-16-14-8-4-2-5-9-14/h2-11,18H,12-13H2,1H3. The third kappa shape index (κ3) is 4.02. The monoisotopic (exact) mass is 258 g/mol. The third-order valence-corrected chi connectivity index (χ3v) is 4.79. The van der Waals surface area contributed by atoms with Crippen LogP contribution in [0.1, 0.15) is 0 Å². The molecular formula is C15H18O2Si. The molecule has 0 aliphatic carbocycles. The second-order valence-corrected chi connectivity index (χ2v) is 6.37. The smallest absolute Gasteiger partial charge is 0.205 e. The molecule has 0 radical (unpaired) electrons. The summed E-state index contributed by atoms with van der Waals surface area (Å²) >= 11 is 0. The van der Waals surface area contributed by atoms with Crippen molar-refractivity contribution in [3.05, 3.63) is 60.7 Å². The molecule has 1 unspecified atom stereocenters. The summed E-state index contributed by atoms with van der Waals surface area (Å²) in [5.74, 6) is 0.898. The topological polar surface area (TPSA) is 18.5 Å². The highest BCUT2D eigenvalue weighted by atomic mass is 28.3.